The van der Waals surface area contributed by atoms with Gasteiger partial charge in [-0.15, -0.1) is 0 Å². The van der Waals surface area contributed by atoms with Crippen LogP contribution >= 0.6 is 0 Å². The van der Waals surface area contributed by atoms with Crippen molar-refractivity contribution in [3.05, 3.63) is 23.3 Å². The molecule has 106 valence electrons. The van der Waals surface area contributed by atoms with Gasteiger partial charge in [0.25, 0.3) is 0 Å². The number of methoxy groups -OCH3 is 2. The molecular weight excluding hydrogens is 246 g/mol. The van der Waals surface area contributed by atoms with Gasteiger partial charge < -0.3 is 19.9 Å². The summed E-state index contributed by atoms with van der Waals surface area (Å²) in [5.41, 5.74) is 1.73. The van der Waals surface area contributed by atoms with E-state index >= 15 is 0 Å². The van der Waals surface area contributed by atoms with Crippen LogP contribution in [-0.4, -0.2) is 32.0 Å². The normalized spacial score (nSPS) is 11.0. The number of carbonyl (C=O) groups is 1. The van der Waals surface area contributed by atoms with Crippen LogP contribution in [0, 0.1) is 6.92 Å². The van der Waals surface area contributed by atoms with Gasteiger partial charge in [0.05, 0.1) is 14.2 Å². The van der Waals surface area contributed by atoms with Crippen molar-refractivity contribution in [2.24, 2.45) is 0 Å². The van der Waals surface area contributed by atoms with Crippen molar-refractivity contribution in [1.82, 2.24) is 5.32 Å². The molecule has 5 heteroatoms. The van der Waals surface area contributed by atoms with Gasteiger partial charge in [0, 0.05) is 12.0 Å². The number of ether oxygens (including phenoxy) is 2. The second-order valence-corrected chi connectivity index (χ2v) is 5.06. The summed E-state index contributed by atoms with van der Waals surface area (Å²) in [6, 6.07) is 3.80. The van der Waals surface area contributed by atoms with Crippen molar-refractivity contribution in [3.8, 4) is 11.5 Å². The monoisotopic (exact) mass is 267 g/mol. The van der Waals surface area contributed by atoms with Gasteiger partial charge in [0.1, 0.15) is 0 Å². The van der Waals surface area contributed by atoms with Crippen LogP contribution in [0.25, 0.3) is 0 Å². The minimum Gasteiger partial charge on any atom is -0.493 e. The number of aryl methyl sites for hydroxylation is 1. The molecule has 1 aromatic rings. The van der Waals surface area contributed by atoms with E-state index in [4.69, 9.17) is 14.6 Å². The lowest BCUT2D eigenvalue weighted by Crippen LogP contribution is -2.36. The van der Waals surface area contributed by atoms with Gasteiger partial charge in [0.2, 0.25) is 0 Å². The minimum atomic E-state index is -1.02. The van der Waals surface area contributed by atoms with E-state index in [0.29, 0.717) is 18.0 Å². The first-order valence-electron chi connectivity index (χ1n) is 6.01. The Kier molecular flexibility index (Phi) is 4.64. The summed E-state index contributed by atoms with van der Waals surface area (Å²) in [5, 5.41) is 11.1. The first-order valence-corrected chi connectivity index (χ1v) is 6.01. The van der Waals surface area contributed by atoms with Crippen molar-refractivity contribution in [2.45, 2.75) is 26.2 Å². The molecule has 0 heterocycles. The molecule has 0 fully saturated rings. The molecule has 0 bridgehead atoms. The number of rotatable bonds is 5. The number of benzene rings is 1. The molecule has 5 nitrogen and oxygen atoms in total. The Labute approximate surface area is 113 Å². The molecule has 0 saturated heterocycles. The minimum absolute atomic E-state index is 0.331. The van der Waals surface area contributed by atoms with Crippen LogP contribution in [0.2, 0.25) is 0 Å². The smallest absolute Gasteiger partial charge is 0.404 e. The molecule has 0 saturated carbocycles. The quantitative estimate of drug-likeness (QED) is 0.860. The third-order valence-corrected chi connectivity index (χ3v) is 3.14. The van der Waals surface area contributed by atoms with E-state index in [-0.39, 0.29) is 5.41 Å². The first-order chi connectivity index (χ1) is 8.81. The van der Waals surface area contributed by atoms with Crippen LogP contribution in [0.15, 0.2) is 12.1 Å². The third kappa shape index (κ3) is 3.53. The predicted molar refractivity (Wildman–Crippen MR) is 73.3 cm³/mol. The van der Waals surface area contributed by atoms with Crippen molar-refractivity contribution in [1.29, 1.82) is 0 Å². The van der Waals surface area contributed by atoms with Crippen LogP contribution in [-0.2, 0) is 5.41 Å². The largest absolute Gasteiger partial charge is 0.493 e. The van der Waals surface area contributed by atoms with Gasteiger partial charge in [-0.1, -0.05) is 13.8 Å². The second-order valence-electron chi connectivity index (χ2n) is 5.06. The second kappa shape index (κ2) is 5.82. The Morgan fingerprint density at radius 2 is 1.79 bits per heavy atom. The van der Waals surface area contributed by atoms with Gasteiger partial charge in [-0.05, 0) is 30.2 Å². The Hall–Kier alpha value is -1.91. The summed E-state index contributed by atoms with van der Waals surface area (Å²) < 4.78 is 10.5. The molecule has 1 amide bonds. The molecule has 1 aromatic carbocycles. The van der Waals surface area contributed by atoms with Crippen LogP contribution in [0.5, 0.6) is 11.5 Å². The number of hydrogen-bond donors (Lipinski definition) is 2. The number of carboxylic acid groups (broad SMARTS) is 1. The zero-order valence-electron chi connectivity index (χ0n) is 12.0. The van der Waals surface area contributed by atoms with Gasteiger partial charge >= 0.3 is 6.09 Å². The van der Waals surface area contributed by atoms with E-state index < -0.39 is 6.09 Å². The molecule has 0 aliphatic carbocycles. The molecule has 0 spiro atoms. The van der Waals surface area contributed by atoms with E-state index in [0.717, 1.165) is 11.1 Å². The summed E-state index contributed by atoms with van der Waals surface area (Å²) in [6.07, 6.45) is -1.02. The van der Waals surface area contributed by atoms with E-state index in [1.165, 1.54) is 0 Å². The lowest BCUT2D eigenvalue weighted by atomic mass is 9.81. The third-order valence-electron chi connectivity index (χ3n) is 3.14. The lowest BCUT2D eigenvalue weighted by Gasteiger charge is -2.28. The highest BCUT2D eigenvalue weighted by molar-refractivity contribution is 5.64. The summed E-state index contributed by atoms with van der Waals surface area (Å²) in [7, 11) is 3.17. The lowest BCUT2D eigenvalue weighted by molar-refractivity contribution is 0.192. The van der Waals surface area contributed by atoms with Crippen LogP contribution in [0.1, 0.15) is 25.0 Å². The average Bonchev–Trinajstić information content (AvgIpc) is 2.35. The van der Waals surface area contributed by atoms with Crippen molar-refractivity contribution in [3.63, 3.8) is 0 Å². The molecule has 19 heavy (non-hydrogen) atoms. The number of amides is 1. The number of nitrogens with one attached hydrogen (secondary N) is 1. The van der Waals surface area contributed by atoms with Gasteiger partial charge in [-0.2, -0.15) is 0 Å². The molecule has 0 aliphatic heterocycles. The standard InChI is InChI=1S/C14H21NO4/c1-9-6-11(18-4)12(19-5)7-10(9)14(2,3)8-15-13(16)17/h6-7,15H,8H2,1-5H3,(H,16,17). The number of hydrogen-bond acceptors (Lipinski definition) is 3. The van der Waals surface area contributed by atoms with Crippen molar-refractivity contribution < 1.29 is 19.4 Å². The highest BCUT2D eigenvalue weighted by Gasteiger charge is 2.25. The zero-order chi connectivity index (χ0) is 14.6. The van der Waals surface area contributed by atoms with Crippen LogP contribution < -0.4 is 14.8 Å². The predicted octanol–water partition coefficient (Wildman–Crippen LogP) is 2.56. The fraction of sp³-hybridized carbons (Fsp3) is 0.500. The Balaban J connectivity index is 3.14. The van der Waals surface area contributed by atoms with Crippen LogP contribution in [0.4, 0.5) is 4.79 Å². The maximum absolute atomic E-state index is 10.6. The SMILES string of the molecule is COc1cc(C)c(C(C)(C)CNC(=O)O)cc1OC. The Morgan fingerprint density at radius 1 is 1.26 bits per heavy atom. The fourth-order valence-corrected chi connectivity index (χ4v) is 2.10. The molecule has 0 radical (unpaired) electrons. The Bertz CT molecular complexity index is 469. The maximum atomic E-state index is 10.6. The van der Waals surface area contributed by atoms with Gasteiger partial charge in [0.15, 0.2) is 11.5 Å². The maximum Gasteiger partial charge on any atom is 0.404 e. The van der Waals surface area contributed by atoms with E-state index in [9.17, 15) is 4.79 Å². The molecule has 0 atom stereocenters. The molecule has 0 unspecified atom stereocenters. The highest BCUT2D eigenvalue weighted by atomic mass is 16.5. The summed E-state index contributed by atoms with van der Waals surface area (Å²) in [4.78, 5) is 10.6. The van der Waals surface area contributed by atoms with E-state index in [1.54, 1.807) is 14.2 Å². The van der Waals surface area contributed by atoms with Gasteiger partial charge in [-0.25, -0.2) is 4.79 Å². The van der Waals surface area contributed by atoms with E-state index in [1.807, 2.05) is 32.9 Å². The molecular formula is C14H21NO4. The highest BCUT2D eigenvalue weighted by Crippen LogP contribution is 2.35. The summed E-state index contributed by atoms with van der Waals surface area (Å²) in [6.45, 7) is 6.27. The first kappa shape index (κ1) is 15.1. The molecule has 2 N–H and O–H groups in total. The Morgan fingerprint density at radius 3 is 2.26 bits per heavy atom. The van der Waals surface area contributed by atoms with Crippen LogP contribution in [0.3, 0.4) is 0 Å². The van der Waals surface area contributed by atoms with Crippen molar-refractivity contribution >= 4 is 6.09 Å². The average molecular weight is 267 g/mol. The summed E-state index contributed by atoms with van der Waals surface area (Å²) >= 11 is 0. The zero-order valence-corrected chi connectivity index (χ0v) is 12.0. The molecule has 0 aliphatic rings. The van der Waals surface area contributed by atoms with Crippen molar-refractivity contribution in [2.75, 3.05) is 20.8 Å². The molecule has 0 aromatic heterocycles. The van der Waals surface area contributed by atoms with E-state index in [2.05, 4.69) is 5.32 Å². The summed E-state index contributed by atoms with van der Waals surface area (Å²) in [5.74, 6) is 1.32. The fourth-order valence-electron chi connectivity index (χ4n) is 2.10. The molecule has 1 rings (SSSR count). The van der Waals surface area contributed by atoms with Gasteiger partial charge in [-0.3, -0.25) is 0 Å². The topological polar surface area (TPSA) is 67.8 Å².